The van der Waals surface area contributed by atoms with Crippen LogP contribution in [-0.4, -0.2) is 67.5 Å². The zero-order chi connectivity index (χ0) is 26.2. The number of ether oxygens (including phenoxy) is 2. The Bertz CT molecular complexity index is 1040. The highest BCUT2D eigenvalue weighted by Crippen LogP contribution is 2.22. The Kier molecular flexibility index (Phi) is 10.8. The van der Waals surface area contributed by atoms with Gasteiger partial charge in [-0.3, -0.25) is 0 Å². The normalized spacial score (nSPS) is 20.2. The van der Waals surface area contributed by atoms with Crippen LogP contribution in [0.2, 0.25) is 0 Å². The van der Waals surface area contributed by atoms with Crippen LogP contribution in [0.5, 0.6) is 5.75 Å². The quantitative estimate of drug-likeness (QED) is 0.255. The van der Waals surface area contributed by atoms with Gasteiger partial charge in [-0.15, -0.1) is 4.83 Å². The number of nitrogens with zero attached hydrogens (tertiary/aromatic N) is 1. The molecular weight excluding hydrogens is 525 g/mol. The zero-order valence-corrected chi connectivity index (χ0v) is 22.9. The summed E-state index contributed by atoms with van der Waals surface area (Å²) in [6.45, 7) is 5.23. The highest BCUT2D eigenvalue weighted by atomic mass is 35.5. The molecule has 0 radical (unpaired) electrons. The molecule has 8 nitrogen and oxygen atoms in total. The zero-order valence-electron chi connectivity index (χ0n) is 20.6. The Labute approximate surface area is 223 Å². The molecule has 11 heteroatoms. The first kappa shape index (κ1) is 29.1. The van der Waals surface area contributed by atoms with Crippen molar-refractivity contribution in [2.45, 2.75) is 60.7 Å². The number of aliphatic hydroxyl groups is 1. The van der Waals surface area contributed by atoms with Gasteiger partial charge in [-0.05, 0) is 62.9 Å². The number of aryl methyl sites for hydroxylation is 1. The molecule has 0 amide bonds. The van der Waals surface area contributed by atoms with E-state index in [9.17, 15) is 13.5 Å². The largest absolute Gasteiger partial charge is 0.491 e. The molecule has 0 aromatic heterocycles. The topological polar surface area (TPSA) is 100 Å². The fourth-order valence-electron chi connectivity index (χ4n) is 3.74. The van der Waals surface area contributed by atoms with Crippen LogP contribution in [0.4, 0.5) is 0 Å². The molecule has 36 heavy (non-hydrogen) atoms. The molecular formula is C25H35Cl2N3O5S. The van der Waals surface area contributed by atoms with Crippen molar-refractivity contribution in [3.63, 3.8) is 0 Å². The number of hydrazine groups is 1. The molecule has 3 rings (SSSR count). The minimum Gasteiger partial charge on any atom is -0.491 e. The van der Waals surface area contributed by atoms with Crippen molar-refractivity contribution in [2.75, 3.05) is 26.3 Å². The number of nitrogens with one attached hydrogen (secondary N) is 2. The van der Waals surface area contributed by atoms with Gasteiger partial charge in [-0.2, -0.15) is 0 Å². The van der Waals surface area contributed by atoms with E-state index < -0.39 is 27.2 Å². The highest BCUT2D eigenvalue weighted by molar-refractivity contribution is 7.89. The molecule has 1 aliphatic heterocycles. The van der Waals surface area contributed by atoms with Crippen molar-refractivity contribution in [3.05, 3.63) is 60.2 Å². The SMILES string of the molecule is CC(C)(CCCc1ccccc1)NC[C@@H](O)COc1ccc(S(=O)(=O)NN2CCOC(Cl)C2Cl)cc1. The lowest BCUT2D eigenvalue weighted by Crippen LogP contribution is -2.54. The van der Waals surface area contributed by atoms with Crippen LogP contribution in [0.25, 0.3) is 0 Å². The number of benzene rings is 2. The maximum Gasteiger partial charge on any atom is 0.253 e. The van der Waals surface area contributed by atoms with Gasteiger partial charge in [0.25, 0.3) is 10.0 Å². The minimum atomic E-state index is -3.85. The molecule has 200 valence electrons. The third-order valence-corrected chi connectivity index (χ3v) is 8.19. The summed E-state index contributed by atoms with van der Waals surface area (Å²) in [6, 6.07) is 16.3. The second kappa shape index (κ2) is 13.4. The molecule has 2 aromatic carbocycles. The van der Waals surface area contributed by atoms with Gasteiger partial charge in [0.1, 0.15) is 24.0 Å². The summed E-state index contributed by atoms with van der Waals surface area (Å²) >= 11 is 12.1. The van der Waals surface area contributed by atoms with E-state index in [1.807, 2.05) is 6.07 Å². The average Bonchev–Trinajstić information content (AvgIpc) is 2.85. The van der Waals surface area contributed by atoms with Gasteiger partial charge in [-0.1, -0.05) is 53.5 Å². The molecule has 0 bridgehead atoms. The summed E-state index contributed by atoms with van der Waals surface area (Å²) in [5.41, 5.74) is -0.448. The lowest BCUT2D eigenvalue weighted by atomic mass is 9.95. The van der Waals surface area contributed by atoms with Crippen LogP contribution >= 0.6 is 23.2 Å². The van der Waals surface area contributed by atoms with Crippen LogP contribution in [0.1, 0.15) is 32.3 Å². The fourth-order valence-corrected chi connectivity index (χ4v) is 5.35. The first-order valence-electron chi connectivity index (χ1n) is 11.9. The Morgan fingerprint density at radius 3 is 2.56 bits per heavy atom. The van der Waals surface area contributed by atoms with Crippen LogP contribution in [0.15, 0.2) is 59.5 Å². The highest BCUT2D eigenvalue weighted by Gasteiger charge is 2.32. The predicted molar refractivity (Wildman–Crippen MR) is 142 cm³/mol. The standard InChI is InChI=1S/C25H35Cl2N3O5S/c1-25(2,14-6-9-19-7-4-3-5-8-19)28-17-20(31)18-35-21-10-12-22(13-11-21)36(32,33)29-30-15-16-34-24(27)23(30)26/h3-5,7-8,10-13,20,23-24,28-29,31H,6,9,14-18H2,1-2H3/t20-,23?,24?/m1/s1. The number of rotatable bonds is 13. The van der Waals surface area contributed by atoms with E-state index in [1.54, 1.807) is 12.1 Å². The van der Waals surface area contributed by atoms with Gasteiger partial charge in [-0.25, -0.2) is 13.4 Å². The maximum atomic E-state index is 12.7. The van der Waals surface area contributed by atoms with Crippen molar-refractivity contribution < 1.29 is 23.0 Å². The molecule has 3 atom stereocenters. The third-order valence-electron chi connectivity index (χ3n) is 5.86. The van der Waals surface area contributed by atoms with E-state index in [1.165, 1.54) is 22.7 Å². The molecule has 0 aliphatic carbocycles. The van der Waals surface area contributed by atoms with E-state index in [0.717, 1.165) is 19.3 Å². The molecule has 3 N–H and O–H groups in total. The summed E-state index contributed by atoms with van der Waals surface area (Å²) in [4.78, 5) is 2.49. The number of sulfonamides is 1. The number of alkyl halides is 2. The molecule has 2 aromatic rings. The first-order chi connectivity index (χ1) is 17.1. The lowest BCUT2D eigenvalue weighted by molar-refractivity contribution is -0.0118. The Morgan fingerprint density at radius 2 is 1.86 bits per heavy atom. The number of morpholine rings is 1. The van der Waals surface area contributed by atoms with E-state index in [-0.39, 0.29) is 30.2 Å². The molecule has 2 unspecified atom stereocenters. The molecule has 1 fully saturated rings. The summed E-state index contributed by atoms with van der Waals surface area (Å²) in [6.07, 6.45) is 2.32. The molecule has 1 heterocycles. The Hall–Kier alpha value is -1.43. The fraction of sp³-hybridized carbons (Fsp3) is 0.520. The number of β-amino-alcohol motifs (C(OH)–C–C–N with tert-alkyl or cyclic N) is 1. The molecule has 0 saturated carbocycles. The van der Waals surface area contributed by atoms with Crippen LogP contribution in [-0.2, 0) is 21.2 Å². The molecule has 1 saturated heterocycles. The minimum absolute atomic E-state index is 0.0517. The average molecular weight is 561 g/mol. The van der Waals surface area contributed by atoms with Crippen molar-refractivity contribution in [3.8, 4) is 5.75 Å². The number of aliphatic hydroxyl groups excluding tert-OH is 1. The number of hydrogen-bond acceptors (Lipinski definition) is 7. The van der Waals surface area contributed by atoms with Gasteiger partial charge in [0, 0.05) is 18.6 Å². The number of halogens is 2. The van der Waals surface area contributed by atoms with Crippen LogP contribution in [0, 0.1) is 0 Å². The number of hydrogen-bond donors (Lipinski definition) is 3. The van der Waals surface area contributed by atoms with E-state index >= 15 is 0 Å². The second-order valence-corrected chi connectivity index (χ2v) is 12.0. The van der Waals surface area contributed by atoms with Crippen molar-refractivity contribution in [1.82, 2.24) is 15.2 Å². The summed E-state index contributed by atoms with van der Waals surface area (Å²) < 4.78 is 36.2. The van der Waals surface area contributed by atoms with Crippen molar-refractivity contribution in [2.24, 2.45) is 0 Å². The lowest BCUT2D eigenvalue weighted by Gasteiger charge is -2.34. The molecule has 0 spiro atoms. The summed E-state index contributed by atoms with van der Waals surface area (Å²) in [7, 11) is -3.85. The van der Waals surface area contributed by atoms with Crippen LogP contribution < -0.4 is 14.9 Å². The maximum absolute atomic E-state index is 12.7. The van der Waals surface area contributed by atoms with Crippen molar-refractivity contribution >= 4 is 33.2 Å². The monoisotopic (exact) mass is 559 g/mol. The van der Waals surface area contributed by atoms with Gasteiger partial charge < -0.3 is 19.9 Å². The smallest absolute Gasteiger partial charge is 0.253 e. The first-order valence-corrected chi connectivity index (χ1v) is 14.3. The summed E-state index contributed by atoms with van der Waals surface area (Å²) in [5.74, 6) is 0.456. The van der Waals surface area contributed by atoms with E-state index in [2.05, 4.69) is 48.3 Å². The van der Waals surface area contributed by atoms with Gasteiger partial charge >= 0.3 is 0 Å². The van der Waals surface area contributed by atoms with E-state index in [4.69, 9.17) is 32.7 Å². The summed E-state index contributed by atoms with van der Waals surface area (Å²) in [5, 5.41) is 15.1. The predicted octanol–water partition coefficient (Wildman–Crippen LogP) is 3.47. The van der Waals surface area contributed by atoms with Crippen LogP contribution in [0.3, 0.4) is 0 Å². The molecule has 1 aliphatic rings. The Morgan fingerprint density at radius 1 is 1.17 bits per heavy atom. The third kappa shape index (κ3) is 9.15. The second-order valence-electron chi connectivity index (χ2n) is 9.42. The van der Waals surface area contributed by atoms with Gasteiger partial charge in [0.15, 0.2) is 5.56 Å². The van der Waals surface area contributed by atoms with Crippen molar-refractivity contribution in [1.29, 1.82) is 0 Å². The van der Waals surface area contributed by atoms with E-state index in [0.29, 0.717) is 12.3 Å². The van der Waals surface area contributed by atoms with Gasteiger partial charge in [0.2, 0.25) is 0 Å². The Balaban J connectivity index is 1.40. The van der Waals surface area contributed by atoms with Gasteiger partial charge in [0.05, 0.1) is 11.5 Å².